The molecule has 0 spiro atoms. The third kappa shape index (κ3) is 6.16. The van der Waals surface area contributed by atoms with Crippen molar-refractivity contribution in [2.75, 3.05) is 5.32 Å². The molecule has 8 N–H and O–H groups in total. The van der Waals surface area contributed by atoms with Crippen LogP contribution in [0.2, 0.25) is 0 Å². The number of benzene rings is 4. The largest absolute Gasteiger partial charge is 0.870 e. The molecule has 0 bridgehead atoms. The van der Waals surface area contributed by atoms with E-state index in [1.165, 1.54) is 12.1 Å². The van der Waals surface area contributed by atoms with E-state index >= 15 is 0 Å². The average molecular weight is 649 g/mol. The van der Waals surface area contributed by atoms with Crippen molar-refractivity contribution >= 4 is 48.6 Å². The number of hydrogen-bond acceptors (Lipinski definition) is 13. The van der Waals surface area contributed by atoms with Crippen molar-refractivity contribution in [1.82, 2.24) is 0 Å². The van der Waals surface area contributed by atoms with Crippen LogP contribution in [0.15, 0.2) is 58.3 Å². The molecule has 0 aliphatic rings. The van der Waals surface area contributed by atoms with E-state index in [0.29, 0.717) is 24.3 Å². The number of hydrogen-bond donors (Lipinski definition) is 8. The number of fused-ring (bicyclic) bond motifs is 1. The van der Waals surface area contributed by atoms with E-state index in [9.17, 15) is 61.1 Å². The quantitative estimate of drug-likeness (QED) is 0.0588. The zero-order chi connectivity index (χ0) is 32.0. The highest BCUT2D eigenvalue weighted by Crippen LogP contribution is 2.41. The Morgan fingerprint density at radius 2 is 1.51 bits per heavy atom. The van der Waals surface area contributed by atoms with E-state index in [0.717, 1.165) is 12.1 Å². The van der Waals surface area contributed by atoms with Gasteiger partial charge in [-0.15, -0.1) is 0 Å². The maximum atomic E-state index is 13.0. The number of phenolic OH excluding ortho intramolecular Hbond substituents is 4. The second kappa shape index (κ2) is 10.8. The van der Waals surface area contributed by atoms with Crippen LogP contribution in [-0.4, -0.2) is 63.4 Å². The maximum absolute atomic E-state index is 13.0. The van der Waals surface area contributed by atoms with Crippen molar-refractivity contribution in [3.05, 3.63) is 65.2 Å². The van der Waals surface area contributed by atoms with E-state index in [1.807, 2.05) is 0 Å². The van der Waals surface area contributed by atoms with Gasteiger partial charge in [-0.25, -0.2) is 9.59 Å². The first-order valence-electron chi connectivity index (χ1n) is 11.4. The number of nitrogens with one attached hydrogen (secondary N) is 1. The van der Waals surface area contributed by atoms with Gasteiger partial charge in [0, 0.05) is 26.2 Å². The Kier molecular flexibility index (Phi) is 7.72. The molecule has 0 aliphatic carbocycles. The lowest BCUT2D eigenvalue weighted by atomic mass is 10.0. The van der Waals surface area contributed by atoms with Crippen LogP contribution in [0.1, 0.15) is 34.8 Å². The standard InChI is InChI=1S/C25H19NO15S2.6H2/c27-17-4-11(24(32)33)5-19(22(17)30)41-25(34)15-8-18(28)23(31)21(29)16(15)9-26-12-2-1-10-3-13(42(35,36)37)7-20(14(10)6-12)43(38,39)40;;;;;;/h1-8,26-31H,9H2,(H,32,33)(H,35,36,37)(H,38,39,40);6*1H/p-1. The molecule has 43 heavy (non-hydrogen) atoms. The van der Waals surface area contributed by atoms with Gasteiger partial charge in [0.1, 0.15) is 10.6 Å². The molecule has 0 saturated carbocycles. The smallest absolute Gasteiger partial charge is 0.344 e. The van der Waals surface area contributed by atoms with Crippen molar-refractivity contribution in [2.24, 2.45) is 0 Å². The van der Waals surface area contributed by atoms with Crippen LogP contribution in [0, 0.1) is 0 Å². The zero-order valence-corrected chi connectivity index (χ0v) is 22.7. The molecule has 4 aromatic rings. The molecule has 4 rings (SSSR count). The summed E-state index contributed by atoms with van der Waals surface area (Å²) in [4.78, 5) is 22.5. The van der Waals surface area contributed by atoms with Crippen LogP contribution in [0.3, 0.4) is 0 Å². The number of aromatic carboxylic acids is 1. The zero-order valence-electron chi connectivity index (χ0n) is 21.0. The molecule has 0 saturated heterocycles. The second-order valence-corrected chi connectivity index (χ2v) is 11.6. The van der Waals surface area contributed by atoms with E-state index in [2.05, 4.69) is 5.32 Å². The topological polar surface area (TPSA) is 288 Å². The number of carbonyl (C=O) groups excluding carboxylic acids is 1. The lowest BCUT2D eigenvalue weighted by Crippen LogP contribution is -2.16. The fraction of sp³-hybridized carbons (Fsp3) is 0.0400. The molecule has 0 atom stereocenters. The summed E-state index contributed by atoms with van der Waals surface area (Å²) in [7, 11) is -9.89. The Morgan fingerprint density at radius 3 is 2.12 bits per heavy atom. The first-order valence-corrected chi connectivity index (χ1v) is 14.3. The van der Waals surface area contributed by atoms with Crippen LogP contribution >= 0.6 is 0 Å². The summed E-state index contributed by atoms with van der Waals surface area (Å²) in [5, 5.41) is 64.0. The molecule has 0 heterocycles. The summed E-state index contributed by atoms with van der Waals surface area (Å²) in [5.74, 6) is -9.24. The highest BCUT2D eigenvalue weighted by Gasteiger charge is 2.24. The van der Waals surface area contributed by atoms with Gasteiger partial charge in [-0.3, -0.25) is 9.11 Å². The maximum Gasteiger partial charge on any atom is 0.344 e. The van der Waals surface area contributed by atoms with Crippen molar-refractivity contribution in [1.29, 1.82) is 0 Å². The summed E-state index contributed by atoms with van der Waals surface area (Å²) in [5.41, 5.74) is -1.76. The Labute approximate surface area is 249 Å². The summed E-state index contributed by atoms with van der Waals surface area (Å²) in [6.07, 6.45) is 0. The molecule has 0 radical (unpaired) electrons. The molecule has 238 valence electrons. The minimum atomic E-state index is -5.03. The molecule has 0 fully saturated rings. The van der Waals surface area contributed by atoms with E-state index in [4.69, 9.17) is 9.84 Å². The van der Waals surface area contributed by atoms with Gasteiger partial charge in [-0.2, -0.15) is 16.8 Å². The third-order valence-electron chi connectivity index (χ3n) is 6.00. The fourth-order valence-electron chi connectivity index (χ4n) is 3.94. The molecular formula is C25H30NO15S2-. The lowest BCUT2D eigenvalue weighted by Gasteiger charge is -2.21. The molecular weight excluding hydrogens is 618 g/mol. The number of carboxylic acids is 1. The summed E-state index contributed by atoms with van der Waals surface area (Å²) in [6.45, 7) is -0.612. The highest BCUT2D eigenvalue weighted by atomic mass is 32.2. The lowest BCUT2D eigenvalue weighted by molar-refractivity contribution is -0.271. The molecule has 0 aliphatic heterocycles. The monoisotopic (exact) mass is 648 g/mol. The SMILES string of the molecule is O=C(O)c1cc(O)c(O)c(OC(=O)c2cc(O)c(O)c([O-])c2CNc2ccc3cc(S(=O)(=O)O)cc(S(=O)(=O)O)c3c2)c1.[HH].[HH].[HH].[HH].[HH].[HH]. The predicted molar refractivity (Wildman–Crippen MR) is 154 cm³/mol. The van der Waals surface area contributed by atoms with Gasteiger partial charge in [-0.05, 0) is 53.4 Å². The molecule has 4 aromatic carbocycles. The van der Waals surface area contributed by atoms with E-state index in [1.54, 1.807) is 0 Å². The summed E-state index contributed by atoms with van der Waals surface area (Å²) in [6, 6.07) is 7.05. The minimum absolute atomic E-state index is 0. The van der Waals surface area contributed by atoms with Crippen LogP contribution in [0.5, 0.6) is 34.5 Å². The second-order valence-electron chi connectivity index (χ2n) is 8.80. The van der Waals surface area contributed by atoms with Gasteiger partial charge < -0.3 is 40.7 Å². The van der Waals surface area contributed by atoms with Gasteiger partial charge in [0.15, 0.2) is 17.2 Å². The third-order valence-corrected chi connectivity index (χ3v) is 7.72. The van der Waals surface area contributed by atoms with Gasteiger partial charge in [0.2, 0.25) is 5.75 Å². The number of ether oxygens (including phenoxy) is 1. The van der Waals surface area contributed by atoms with Crippen molar-refractivity contribution in [3.8, 4) is 34.5 Å². The Balaban J connectivity index is -0.00000353. The van der Waals surface area contributed by atoms with Gasteiger partial charge in [-0.1, -0.05) is 11.8 Å². The Morgan fingerprint density at radius 1 is 0.860 bits per heavy atom. The average Bonchev–Trinajstić information content (AvgIpc) is 2.91. The molecule has 16 nitrogen and oxygen atoms in total. The first-order chi connectivity index (χ1) is 19.9. The van der Waals surface area contributed by atoms with Crippen LogP contribution in [-0.2, 0) is 26.8 Å². The number of anilines is 1. The number of aromatic hydroxyl groups is 4. The molecule has 0 unspecified atom stereocenters. The van der Waals surface area contributed by atoms with Crippen LogP contribution < -0.4 is 15.2 Å². The number of phenols is 4. The van der Waals surface area contributed by atoms with Gasteiger partial charge in [0.25, 0.3) is 20.2 Å². The number of carboxylic acid groups (broad SMARTS) is 1. The van der Waals surface area contributed by atoms with E-state index < -0.39 is 99.7 Å². The molecule has 0 aromatic heterocycles. The predicted octanol–water partition coefficient (Wildman–Crippen LogP) is 3.23. The van der Waals surface area contributed by atoms with Crippen molar-refractivity contribution in [3.63, 3.8) is 0 Å². The van der Waals surface area contributed by atoms with Crippen LogP contribution in [0.25, 0.3) is 10.8 Å². The summed E-state index contributed by atoms with van der Waals surface area (Å²) < 4.78 is 70.9. The molecule has 0 amide bonds. The number of carbonyl (C=O) groups is 2. The van der Waals surface area contributed by atoms with Gasteiger partial charge in [0.05, 0.1) is 16.0 Å². The van der Waals surface area contributed by atoms with Gasteiger partial charge >= 0.3 is 11.9 Å². The minimum Gasteiger partial charge on any atom is -0.870 e. The van der Waals surface area contributed by atoms with Crippen molar-refractivity contribution < 1.29 is 79.5 Å². The van der Waals surface area contributed by atoms with E-state index in [-0.39, 0.29) is 25.0 Å². The number of esters is 1. The van der Waals surface area contributed by atoms with Crippen molar-refractivity contribution in [2.45, 2.75) is 16.3 Å². The molecule has 18 heteroatoms. The Bertz CT molecular complexity index is 2080. The number of rotatable bonds is 8. The highest BCUT2D eigenvalue weighted by molar-refractivity contribution is 7.86. The summed E-state index contributed by atoms with van der Waals surface area (Å²) >= 11 is 0. The normalized spacial score (nSPS) is 11.8. The first kappa shape index (κ1) is 30.7. The fourth-order valence-corrected chi connectivity index (χ4v) is 5.29. The Hall–Kier alpha value is -5.30. The van der Waals surface area contributed by atoms with Crippen LogP contribution in [0.4, 0.5) is 5.69 Å².